The molecule has 0 aliphatic heterocycles. The van der Waals surface area contributed by atoms with Gasteiger partial charge in [-0.2, -0.15) is 5.26 Å². The van der Waals surface area contributed by atoms with E-state index in [1.807, 2.05) is 0 Å². The molecule has 0 spiro atoms. The Labute approximate surface area is 66.8 Å². The van der Waals surface area contributed by atoms with Crippen LogP contribution >= 0.6 is 0 Å². The molecule has 2 saturated carbocycles. The first-order valence-electron chi connectivity index (χ1n) is 4.37. The first kappa shape index (κ1) is 7.12. The van der Waals surface area contributed by atoms with Crippen LogP contribution in [0.15, 0.2) is 0 Å². The molecule has 11 heavy (non-hydrogen) atoms. The van der Waals surface area contributed by atoms with E-state index in [1.165, 1.54) is 12.8 Å². The second-order valence-electron chi connectivity index (χ2n) is 3.82. The van der Waals surface area contributed by atoms with Crippen LogP contribution in [0.4, 0.5) is 0 Å². The lowest BCUT2D eigenvalue weighted by atomic mass is 9.89. The van der Waals surface area contributed by atoms with Crippen molar-refractivity contribution in [2.24, 2.45) is 23.7 Å². The van der Waals surface area contributed by atoms with Gasteiger partial charge in [-0.3, -0.25) is 0 Å². The average molecular weight is 151 g/mol. The Bertz CT molecular complexity index is 196. The molecule has 2 fully saturated rings. The number of aliphatic hydroxyl groups is 1. The minimum absolute atomic E-state index is 0.255. The van der Waals surface area contributed by atoms with Gasteiger partial charge in [-0.05, 0) is 37.0 Å². The zero-order valence-corrected chi connectivity index (χ0v) is 6.53. The molecule has 60 valence electrons. The predicted octanol–water partition coefficient (Wildman–Crippen LogP) is 1.16. The lowest BCUT2D eigenvalue weighted by Crippen LogP contribution is -2.13. The summed E-state index contributed by atoms with van der Waals surface area (Å²) in [7, 11) is 0. The molecule has 2 aliphatic carbocycles. The highest BCUT2D eigenvalue weighted by molar-refractivity contribution is 5.04. The van der Waals surface area contributed by atoms with E-state index >= 15 is 0 Å². The minimum atomic E-state index is 0.255. The van der Waals surface area contributed by atoms with Gasteiger partial charge in [0.05, 0.1) is 6.07 Å². The number of rotatable bonds is 1. The lowest BCUT2D eigenvalue weighted by molar-refractivity contribution is 0.189. The van der Waals surface area contributed by atoms with E-state index in [4.69, 9.17) is 10.4 Å². The van der Waals surface area contributed by atoms with E-state index in [9.17, 15) is 0 Å². The van der Waals surface area contributed by atoms with Crippen molar-refractivity contribution < 1.29 is 5.11 Å². The molecule has 4 atom stereocenters. The molecule has 0 radical (unpaired) electrons. The van der Waals surface area contributed by atoms with Crippen LogP contribution in [0.2, 0.25) is 0 Å². The van der Waals surface area contributed by atoms with Crippen molar-refractivity contribution in [2.45, 2.75) is 19.3 Å². The molecule has 2 rings (SSSR count). The van der Waals surface area contributed by atoms with E-state index in [2.05, 4.69) is 6.07 Å². The first-order chi connectivity index (χ1) is 5.36. The summed E-state index contributed by atoms with van der Waals surface area (Å²) in [4.78, 5) is 0. The van der Waals surface area contributed by atoms with Crippen LogP contribution in [0.3, 0.4) is 0 Å². The second-order valence-corrected chi connectivity index (χ2v) is 3.82. The highest BCUT2D eigenvalue weighted by Gasteiger charge is 2.47. The van der Waals surface area contributed by atoms with Gasteiger partial charge >= 0.3 is 0 Å². The topological polar surface area (TPSA) is 44.0 Å². The summed E-state index contributed by atoms with van der Waals surface area (Å²) in [6.07, 6.45) is 3.47. The number of nitrogens with zero attached hydrogens (tertiary/aromatic N) is 1. The van der Waals surface area contributed by atoms with Crippen molar-refractivity contribution in [3.05, 3.63) is 0 Å². The van der Waals surface area contributed by atoms with E-state index in [0.29, 0.717) is 24.4 Å². The maximum absolute atomic E-state index is 9.05. The molecule has 0 aromatic rings. The molecule has 2 heteroatoms. The maximum atomic E-state index is 9.05. The molecule has 1 unspecified atom stereocenters. The molecule has 0 amide bonds. The molecular formula is C9H13NO. The normalized spacial score (nSPS) is 47.6. The summed E-state index contributed by atoms with van der Waals surface area (Å²) in [5.74, 6) is 1.90. The maximum Gasteiger partial charge on any atom is 0.0658 e. The zero-order valence-electron chi connectivity index (χ0n) is 6.53. The van der Waals surface area contributed by atoms with Crippen molar-refractivity contribution >= 4 is 0 Å². The molecule has 1 N–H and O–H groups in total. The fourth-order valence-electron chi connectivity index (χ4n) is 2.91. The Morgan fingerprint density at radius 3 is 2.73 bits per heavy atom. The van der Waals surface area contributed by atoms with Gasteiger partial charge in [0.15, 0.2) is 0 Å². The Balaban J connectivity index is 2.13. The number of hydrogen-bond acceptors (Lipinski definition) is 2. The van der Waals surface area contributed by atoms with Crippen LogP contribution in [0, 0.1) is 35.0 Å². The molecule has 0 heterocycles. The summed E-state index contributed by atoms with van der Waals surface area (Å²) in [5, 5.41) is 17.8. The van der Waals surface area contributed by atoms with Crippen LogP contribution in [0.1, 0.15) is 19.3 Å². The summed E-state index contributed by atoms with van der Waals surface area (Å²) in [6.45, 7) is 0.299. The van der Waals surface area contributed by atoms with E-state index in [0.717, 1.165) is 6.42 Å². The first-order valence-corrected chi connectivity index (χ1v) is 4.37. The van der Waals surface area contributed by atoms with Gasteiger partial charge in [-0.25, -0.2) is 0 Å². The highest BCUT2D eigenvalue weighted by Crippen LogP contribution is 2.52. The Kier molecular flexibility index (Phi) is 1.61. The fraction of sp³-hybridized carbons (Fsp3) is 0.889. The van der Waals surface area contributed by atoms with Crippen molar-refractivity contribution in [3.8, 4) is 6.07 Å². The third kappa shape index (κ3) is 0.877. The highest BCUT2D eigenvalue weighted by atomic mass is 16.3. The van der Waals surface area contributed by atoms with Crippen molar-refractivity contribution in [2.75, 3.05) is 6.61 Å². The average Bonchev–Trinajstić information content (AvgIpc) is 2.59. The monoisotopic (exact) mass is 151 g/mol. The lowest BCUT2D eigenvalue weighted by Gasteiger charge is -2.13. The van der Waals surface area contributed by atoms with E-state index < -0.39 is 0 Å². The SMILES string of the molecule is N#CC1C[C@@H]2CC[C@H]1[C@@H]2CO. The van der Waals surface area contributed by atoms with Crippen LogP contribution in [0.25, 0.3) is 0 Å². The van der Waals surface area contributed by atoms with Gasteiger partial charge in [0, 0.05) is 12.5 Å². The van der Waals surface area contributed by atoms with Crippen LogP contribution in [-0.4, -0.2) is 11.7 Å². The van der Waals surface area contributed by atoms with Crippen molar-refractivity contribution in [3.63, 3.8) is 0 Å². The third-order valence-corrected chi connectivity index (χ3v) is 3.48. The number of aliphatic hydroxyl groups excluding tert-OH is 1. The molecular weight excluding hydrogens is 138 g/mol. The van der Waals surface area contributed by atoms with Gasteiger partial charge in [0.2, 0.25) is 0 Å². The van der Waals surface area contributed by atoms with Crippen LogP contribution in [-0.2, 0) is 0 Å². The second kappa shape index (κ2) is 2.49. The summed E-state index contributed by atoms with van der Waals surface area (Å²) < 4.78 is 0. The summed E-state index contributed by atoms with van der Waals surface area (Å²) in [5.41, 5.74) is 0. The Morgan fingerprint density at radius 2 is 2.27 bits per heavy atom. The zero-order chi connectivity index (χ0) is 7.84. The molecule has 2 nitrogen and oxygen atoms in total. The number of hydrogen-bond donors (Lipinski definition) is 1. The minimum Gasteiger partial charge on any atom is -0.396 e. The van der Waals surface area contributed by atoms with E-state index in [1.54, 1.807) is 0 Å². The predicted molar refractivity (Wildman–Crippen MR) is 40.5 cm³/mol. The largest absolute Gasteiger partial charge is 0.396 e. The van der Waals surface area contributed by atoms with Gasteiger partial charge < -0.3 is 5.11 Å². The summed E-state index contributed by atoms with van der Waals surface area (Å²) in [6, 6.07) is 2.35. The van der Waals surface area contributed by atoms with Crippen LogP contribution in [0.5, 0.6) is 0 Å². The molecule has 0 aromatic heterocycles. The van der Waals surface area contributed by atoms with Crippen molar-refractivity contribution in [1.29, 1.82) is 5.26 Å². The smallest absolute Gasteiger partial charge is 0.0658 e. The number of nitriles is 1. The number of fused-ring (bicyclic) bond motifs is 2. The standard InChI is InChI=1S/C9H13NO/c10-4-7-3-6-1-2-8(7)9(6)5-11/h6-9,11H,1-3,5H2/t6-,7?,8+,9+/m0/s1. The van der Waals surface area contributed by atoms with Gasteiger partial charge in [0.25, 0.3) is 0 Å². The van der Waals surface area contributed by atoms with E-state index in [-0.39, 0.29) is 5.92 Å². The van der Waals surface area contributed by atoms with Gasteiger partial charge in [-0.1, -0.05) is 0 Å². The van der Waals surface area contributed by atoms with Gasteiger partial charge in [0.1, 0.15) is 0 Å². The fourth-order valence-corrected chi connectivity index (χ4v) is 2.91. The Hall–Kier alpha value is -0.550. The molecule has 2 aliphatic rings. The molecule has 0 aromatic carbocycles. The third-order valence-electron chi connectivity index (χ3n) is 3.48. The quantitative estimate of drug-likeness (QED) is 0.611. The summed E-state index contributed by atoms with van der Waals surface area (Å²) >= 11 is 0. The van der Waals surface area contributed by atoms with Crippen LogP contribution < -0.4 is 0 Å². The molecule has 2 bridgehead atoms. The van der Waals surface area contributed by atoms with Crippen molar-refractivity contribution in [1.82, 2.24) is 0 Å². The molecule has 0 saturated heterocycles. The van der Waals surface area contributed by atoms with Gasteiger partial charge in [-0.15, -0.1) is 0 Å². The Morgan fingerprint density at radius 1 is 1.45 bits per heavy atom.